The summed E-state index contributed by atoms with van der Waals surface area (Å²) in [6.45, 7) is 6.12. The van der Waals surface area contributed by atoms with Gasteiger partial charge in [-0.1, -0.05) is 30.3 Å². The Hall–Kier alpha value is -2.66. The van der Waals surface area contributed by atoms with Crippen LogP contribution in [0.1, 0.15) is 49.0 Å². The van der Waals surface area contributed by atoms with Crippen molar-refractivity contribution in [3.05, 3.63) is 65.7 Å². The summed E-state index contributed by atoms with van der Waals surface area (Å²) in [4.78, 5) is 27.2. The van der Waals surface area contributed by atoms with Crippen molar-refractivity contribution in [3.63, 3.8) is 0 Å². The van der Waals surface area contributed by atoms with Crippen molar-refractivity contribution >= 4 is 11.9 Å². The van der Waals surface area contributed by atoms with Gasteiger partial charge in [-0.2, -0.15) is 0 Å². The van der Waals surface area contributed by atoms with E-state index in [1.807, 2.05) is 50.2 Å². The first-order valence-electron chi connectivity index (χ1n) is 9.92. The molecule has 5 heteroatoms. The van der Waals surface area contributed by atoms with Crippen molar-refractivity contribution in [1.82, 2.24) is 10.2 Å². The number of ether oxygens (including phenoxy) is 1. The van der Waals surface area contributed by atoms with Crippen LogP contribution in [0.4, 0.5) is 0 Å². The van der Waals surface area contributed by atoms with E-state index in [0.717, 1.165) is 31.4 Å². The van der Waals surface area contributed by atoms with E-state index in [1.54, 1.807) is 18.2 Å². The van der Waals surface area contributed by atoms with E-state index >= 15 is 0 Å². The predicted molar refractivity (Wildman–Crippen MR) is 109 cm³/mol. The highest BCUT2D eigenvalue weighted by Crippen LogP contribution is 2.30. The lowest BCUT2D eigenvalue weighted by Gasteiger charge is -2.43. The summed E-state index contributed by atoms with van der Waals surface area (Å²) in [5.74, 6) is 0.229. The number of hydrogen-bond acceptors (Lipinski definition) is 4. The van der Waals surface area contributed by atoms with Crippen molar-refractivity contribution in [1.29, 1.82) is 0 Å². The van der Waals surface area contributed by atoms with Crippen LogP contribution in [0.25, 0.3) is 0 Å². The first kappa shape index (κ1) is 20.1. The van der Waals surface area contributed by atoms with Crippen molar-refractivity contribution in [3.8, 4) is 5.75 Å². The smallest absolute Gasteiger partial charge is 0.343 e. The van der Waals surface area contributed by atoms with E-state index in [2.05, 4.69) is 10.2 Å². The second-order valence-electron chi connectivity index (χ2n) is 7.41. The number of benzene rings is 2. The van der Waals surface area contributed by atoms with Crippen LogP contribution in [0.2, 0.25) is 0 Å². The highest BCUT2D eigenvalue weighted by molar-refractivity contribution is 5.91. The predicted octanol–water partition coefficient (Wildman–Crippen LogP) is 3.79. The second kappa shape index (κ2) is 9.02. The number of likely N-dealkylation sites (tertiary alicyclic amines) is 1. The number of carbonyl (C=O) groups excluding carboxylic acids is 2. The number of rotatable bonds is 6. The zero-order valence-corrected chi connectivity index (χ0v) is 16.6. The molecule has 1 atom stereocenters. The van der Waals surface area contributed by atoms with Gasteiger partial charge in [-0.05, 0) is 69.5 Å². The maximum Gasteiger partial charge on any atom is 0.343 e. The van der Waals surface area contributed by atoms with Gasteiger partial charge in [0.15, 0.2) is 0 Å². The van der Waals surface area contributed by atoms with Gasteiger partial charge in [-0.25, -0.2) is 4.79 Å². The van der Waals surface area contributed by atoms with Gasteiger partial charge in [0.2, 0.25) is 5.91 Å². The monoisotopic (exact) mass is 380 g/mol. The minimum absolute atomic E-state index is 0.0846. The highest BCUT2D eigenvalue weighted by atomic mass is 16.5. The number of likely N-dealkylation sites (N-methyl/N-ethyl adjacent to an activating group) is 1. The van der Waals surface area contributed by atoms with Gasteiger partial charge < -0.3 is 10.1 Å². The second-order valence-corrected chi connectivity index (χ2v) is 7.41. The summed E-state index contributed by atoms with van der Waals surface area (Å²) in [6.07, 6.45) is 2.98. The maximum absolute atomic E-state index is 12.7. The zero-order chi connectivity index (χ0) is 20.0. The molecule has 3 rings (SSSR count). The van der Waals surface area contributed by atoms with Gasteiger partial charge in [0, 0.05) is 13.1 Å². The van der Waals surface area contributed by atoms with Crippen LogP contribution in [0.3, 0.4) is 0 Å². The molecular weight excluding hydrogens is 352 g/mol. The van der Waals surface area contributed by atoms with Crippen molar-refractivity contribution < 1.29 is 14.3 Å². The van der Waals surface area contributed by atoms with Crippen LogP contribution in [-0.2, 0) is 11.3 Å². The lowest BCUT2D eigenvalue weighted by Crippen LogP contribution is -2.58. The van der Waals surface area contributed by atoms with E-state index in [9.17, 15) is 9.59 Å². The lowest BCUT2D eigenvalue weighted by atomic mass is 9.87. The molecular formula is C23H28N2O3. The molecule has 1 N–H and O–H groups in total. The minimum atomic E-state index is -0.509. The average Bonchev–Trinajstić information content (AvgIpc) is 2.71. The largest absolute Gasteiger partial charge is 0.423 e. The summed E-state index contributed by atoms with van der Waals surface area (Å²) >= 11 is 0. The molecule has 1 fully saturated rings. The molecule has 2 aromatic carbocycles. The Bertz CT molecular complexity index is 822. The van der Waals surface area contributed by atoms with Crippen LogP contribution in [-0.4, -0.2) is 35.4 Å². The number of amides is 1. The third-order valence-corrected chi connectivity index (χ3v) is 5.36. The Kier molecular flexibility index (Phi) is 6.47. The first-order chi connectivity index (χ1) is 13.5. The van der Waals surface area contributed by atoms with Gasteiger partial charge in [0.05, 0.1) is 11.1 Å². The number of piperidine rings is 1. The fraction of sp³-hybridized carbons (Fsp3) is 0.391. The van der Waals surface area contributed by atoms with Crippen LogP contribution in [0.15, 0.2) is 54.6 Å². The number of carbonyl (C=O) groups is 2. The molecule has 1 aliphatic heterocycles. The molecule has 1 amide bonds. The van der Waals surface area contributed by atoms with Crippen LogP contribution < -0.4 is 10.1 Å². The van der Waals surface area contributed by atoms with Crippen molar-refractivity contribution in [2.45, 2.75) is 45.2 Å². The first-order valence-corrected chi connectivity index (χ1v) is 9.92. The quantitative estimate of drug-likeness (QED) is 0.612. The molecule has 5 nitrogen and oxygen atoms in total. The van der Waals surface area contributed by atoms with Crippen molar-refractivity contribution in [2.75, 3.05) is 13.1 Å². The fourth-order valence-corrected chi connectivity index (χ4v) is 3.71. The molecule has 0 saturated carbocycles. The van der Waals surface area contributed by atoms with E-state index in [4.69, 9.17) is 4.74 Å². The van der Waals surface area contributed by atoms with Crippen LogP contribution in [0, 0.1) is 0 Å². The molecule has 2 aromatic rings. The topological polar surface area (TPSA) is 58.6 Å². The highest BCUT2D eigenvalue weighted by Gasteiger charge is 2.40. The molecule has 28 heavy (non-hydrogen) atoms. The SMILES string of the molecule is CCNC(=O)C1(C)CCCCN1Cc1cccc(OC(=O)c2ccccc2)c1. The van der Waals surface area contributed by atoms with Gasteiger partial charge in [0.1, 0.15) is 5.75 Å². The molecule has 1 unspecified atom stereocenters. The Morgan fingerprint density at radius 3 is 2.64 bits per heavy atom. The number of nitrogens with zero attached hydrogens (tertiary/aromatic N) is 1. The molecule has 0 spiro atoms. The molecule has 1 heterocycles. The summed E-state index contributed by atoms with van der Waals surface area (Å²) in [5.41, 5.74) is 1.04. The van der Waals surface area contributed by atoms with E-state index in [1.165, 1.54) is 0 Å². The summed E-state index contributed by atoms with van der Waals surface area (Å²) in [6, 6.07) is 16.5. The molecule has 0 bridgehead atoms. The summed E-state index contributed by atoms with van der Waals surface area (Å²) in [7, 11) is 0. The molecule has 0 aliphatic carbocycles. The normalized spacial score (nSPS) is 19.8. The zero-order valence-electron chi connectivity index (χ0n) is 16.6. The fourth-order valence-electron chi connectivity index (χ4n) is 3.71. The Balaban J connectivity index is 1.72. The molecule has 0 radical (unpaired) electrons. The molecule has 1 saturated heterocycles. The molecule has 148 valence electrons. The molecule has 1 aliphatic rings. The Morgan fingerprint density at radius 1 is 1.11 bits per heavy atom. The van der Waals surface area contributed by atoms with E-state index in [0.29, 0.717) is 24.4 Å². The minimum Gasteiger partial charge on any atom is -0.423 e. The lowest BCUT2D eigenvalue weighted by molar-refractivity contribution is -0.135. The standard InChI is InChI=1S/C23H28N2O3/c1-3-24-22(27)23(2)14-7-8-15-25(23)17-18-10-9-13-20(16-18)28-21(26)19-11-5-4-6-12-19/h4-6,9-13,16H,3,7-8,14-15,17H2,1-2H3,(H,24,27). The van der Waals surface area contributed by atoms with Gasteiger partial charge >= 0.3 is 5.97 Å². The number of nitrogens with one attached hydrogen (secondary N) is 1. The number of hydrogen-bond donors (Lipinski definition) is 1. The average molecular weight is 380 g/mol. The summed E-state index contributed by atoms with van der Waals surface area (Å²) in [5, 5.41) is 2.98. The van der Waals surface area contributed by atoms with Crippen LogP contribution in [0.5, 0.6) is 5.75 Å². The third kappa shape index (κ3) is 4.60. The molecule has 0 aromatic heterocycles. The van der Waals surface area contributed by atoms with E-state index < -0.39 is 5.54 Å². The van der Waals surface area contributed by atoms with Crippen LogP contribution >= 0.6 is 0 Å². The van der Waals surface area contributed by atoms with Crippen molar-refractivity contribution in [2.24, 2.45) is 0 Å². The summed E-state index contributed by atoms with van der Waals surface area (Å²) < 4.78 is 5.53. The number of esters is 1. The van der Waals surface area contributed by atoms with Gasteiger partial charge in [-0.3, -0.25) is 9.69 Å². The van der Waals surface area contributed by atoms with E-state index in [-0.39, 0.29) is 11.9 Å². The maximum atomic E-state index is 12.7. The third-order valence-electron chi connectivity index (χ3n) is 5.36. The van der Waals surface area contributed by atoms with Gasteiger partial charge in [0.25, 0.3) is 0 Å². The van der Waals surface area contributed by atoms with Gasteiger partial charge in [-0.15, -0.1) is 0 Å². The Labute approximate surface area is 166 Å². The Morgan fingerprint density at radius 2 is 1.89 bits per heavy atom.